The molecule has 2 aliphatic rings. The molecule has 0 amide bonds. The molecule has 0 spiro atoms. The van der Waals surface area contributed by atoms with Crippen LogP contribution in [-0.4, -0.2) is 48.8 Å². The Balaban J connectivity index is 1.59. The first-order valence-electron chi connectivity index (χ1n) is 11.8. The van der Waals surface area contributed by atoms with Gasteiger partial charge in [0, 0.05) is 49.1 Å². The number of benzene rings is 3. The van der Waals surface area contributed by atoms with E-state index in [1.54, 1.807) is 11.1 Å². The highest BCUT2D eigenvalue weighted by Gasteiger charge is 2.27. The number of nitro benzene ring substituents is 1. The summed E-state index contributed by atoms with van der Waals surface area (Å²) in [5.41, 5.74) is 6.88. The SMILES string of the molecule is CCc1ccc(C2=NN(c3cc(N4CCN(C)CC4)ccc3[N+](=O)[O-])Cc3ccccc32)cc1. The molecule has 7 heteroatoms. The number of piperazine rings is 1. The van der Waals surface area contributed by atoms with Gasteiger partial charge in [-0.15, -0.1) is 0 Å². The Morgan fingerprint density at radius 3 is 2.41 bits per heavy atom. The van der Waals surface area contributed by atoms with Crippen molar-refractivity contribution in [3.05, 3.63) is 99.1 Å². The smallest absolute Gasteiger partial charge is 0.294 e. The summed E-state index contributed by atoms with van der Waals surface area (Å²) in [7, 11) is 2.12. The van der Waals surface area contributed by atoms with Gasteiger partial charge in [0.1, 0.15) is 5.69 Å². The summed E-state index contributed by atoms with van der Waals surface area (Å²) in [6, 6.07) is 22.0. The highest BCUT2D eigenvalue weighted by atomic mass is 16.6. The Hall–Kier alpha value is -3.71. The molecule has 0 bridgehead atoms. The van der Waals surface area contributed by atoms with Crippen LogP contribution in [0, 0.1) is 10.1 Å². The molecule has 0 atom stereocenters. The van der Waals surface area contributed by atoms with Crippen LogP contribution in [0.15, 0.2) is 71.8 Å². The Kier molecular flexibility index (Phi) is 6.02. The number of hydrogen-bond acceptors (Lipinski definition) is 6. The van der Waals surface area contributed by atoms with Gasteiger partial charge in [-0.1, -0.05) is 55.5 Å². The average molecular weight is 456 g/mol. The first-order valence-corrected chi connectivity index (χ1v) is 11.8. The van der Waals surface area contributed by atoms with Gasteiger partial charge in [0.25, 0.3) is 5.69 Å². The third-order valence-electron chi connectivity index (χ3n) is 6.75. The molecular formula is C27H29N5O2. The summed E-state index contributed by atoms with van der Waals surface area (Å²) < 4.78 is 0. The molecule has 1 fully saturated rings. The highest BCUT2D eigenvalue weighted by molar-refractivity contribution is 6.14. The van der Waals surface area contributed by atoms with Crippen LogP contribution in [0.1, 0.15) is 29.2 Å². The number of likely N-dealkylation sites (N-methyl/N-ethyl adjacent to an activating group) is 1. The lowest BCUT2D eigenvalue weighted by molar-refractivity contribution is -0.384. The predicted molar refractivity (Wildman–Crippen MR) is 137 cm³/mol. The molecule has 3 aromatic carbocycles. The minimum atomic E-state index is -0.311. The van der Waals surface area contributed by atoms with Crippen LogP contribution >= 0.6 is 0 Å². The van der Waals surface area contributed by atoms with E-state index in [0.29, 0.717) is 12.2 Å². The molecule has 7 nitrogen and oxygen atoms in total. The maximum absolute atomic E-state index is 12.0. The molecule has 3 aromatic rings. The Labute approximate surface area is 200 Å². The zero-order valence-corrected chi connectivity index (χ0v) is 19.6. The number of anilines is 2. The maximum Gasteiger partial charge on any atom is 0.294 e. The molecule has 2 heterocycles. The van der Waals surface area contributed by atoms with Crippen molar-refractivity contribution in [2.45, 2.75) is 19.9 Å². The van der Waals surface area contributed by atoms with E-state index in [-0.39, 0.29) is 10.6 Å². The Morgan fingerprint density at radius 2 is 1.71 bits per heavy atom. The van der Waals surface area contributed by atoms with E-state index in [1.807, 2.05) is 24.3 Å². The fourth-order valence-corrected chi connectivity index (χ4v) is 4.65. The van der Waals surface area contributed by atoms with Crippen molar-refractivity contribution < 1.29 is 4.92 Å². The lowest BCUT2D eigenvalue weighted by Gasteiger charge is -2.34. The van der Waals surface area contributed by atoms with Crippen LogP contribution in [0.4, 0.5) is 17.1 Å². The second-order valence-corrected chi connectivity index (χ2v) is 8.93. The number of nitro groups is 1. The maximum atomic E-state index is 12.0. The second-order valence-electron chi connectivity index (χ2n) is 8.93. The molecule has 0 unspecified atom stereocenters. The monoisotopic (exact) mass is 455 g/mol. The van der Waals surface area contributed by atoms with Crippen LogP contribution in [0.3, 0.4) is 0 Å². The van der Waals surface area contributed by atoms with Gasteiger partial charge in [-0.25, -0.2) is 0 Å². The molecule has 0 radical (unpaired) electrons. The summed E-state index contributed by atoms with van der Waals surface area (Å²) in [4.78, 5) is 16.2. The molecule has 5 rings (SSSR count). The lowest BCUT2D eigenvalue weighted by atomic mass is 9.95. The molecule has 174 valence electrons. The van der Waals surface area contributed by atoms with E-state index in [4.69, 9.17) is 5.10 Å². The summed E-state index contributed by atoms with van der Waals surface area (Å²) in [6.07, 6.45) is 0.973. The zero-order valence-electron chi connectivity index (χ0n) is 19.6. The number of nitrogens with zero attached hydrogens (tertiary/aromatic N) is 5. The van der Waals surface area contributed by atoms with E-state index < -0.39 is 0 Å². The fraction of sp³-hybridized carbons (Fsp3) is 0.296. The van der Waals surface area contributed by atoms with Crippen molar-refractivity contribution >= 4 is 22.8 Å². The van der Waals surface area contributed by atoms with E-state index in [1.165, 1.54) is 5.56 Å². The van der Waals surface area contributed by atoms with Gasteiger partial charge < -0.3 is 9.80 Å². The summed E-state index contributed by atoms with van der Waals surface area (Å²) >= 11 is 0. The first-order chi connectivity index (χ1) is 16.5. The van der Waals surface area contributed by atoms with E-state index in [2.05, 4.69) is 60.2 Å². The fourth-order valence-electron chi connectivity index (χ4n) is 4.65. The van der Waals surface area contributed by atoms with Crippen molar-refractivity contribution in [3.63, 3.8) is 0 Å². The van der Waals surface area contributed by atoms with Crippen molar-refractivity contribution in [2.24, 2.45) is 5.10 Å². The molecule has 2 aliphatic heterocycles. The zero-order chi connectivity index (χ0) is 23.7. The molecule has 34 heavy (non-hydrogen) atoms. The second kappa shape index (κ2) is 9.27. The van der Waals surface area contributed by atoms with Crippen molar-refractivity contribution in [2.75, 3.05) is 43.1 Å². The van der Waals surface area contributed by atoms with Crippen LogP contribution in [-0.2, 0) is 13.0 Å². The number of fused-ring (bicyclic) bond motifs is 1. The average Bonchev–Trinajstić information content (AvgIpc) is 2.88. The van der Waals surface area contributed by atoms with Gasteiger partial charge in [-0.3, -0.25) is 15.1 Å². The van der Waals surface area contributed by atoms with Crippen LogP contribution < -0.4 is 9.91 Å². The topological polar surface area (TPSA) is 65.2 Å². The molecule has 0 saturated carbocycles. The minimum absolute atomic E-state index is 0.0710. The van der Waals surface area contributed by atoms with Crippen molar-refractivity contribution in [3.8, 4) is 0 Å². The van der Waals surface area contributed by atoms with Crippen molar-refractivity contribution in [1.29, 1.82) is 0 Å². The standard InChI is InChI=1S/C27H29N5O2/c1-3-20-8-10-21(11-9-20)27-24-7-5-4-6-22(24)19-31(28-27)26-18-23(12-13-25(26)32(33)34)30-16-14-29(2)15-17-30/h4-13,18H,3,14-17,19H2,1-2H3. The number of aryl methyl sites for hydroxylation is 1. The highest BCUT2D eigenvalue weighted by Crippen LogP contribution is 2.36. The third-order valence-corrected chi connectivity index (χ3v) is 6.75. The van der Waals surface area contributed by atoms with Gasteiger partial charge in [-0.05, 0) is 36.7 Å². The van der Waals surface area contributed by atoms with Crippen molar-refractivity contribution in [1.82, 2.24) is 4.90 Å². The normalized spacial score (nSPS) is 16.2. The number of rotatable bonds is 5. The quantitative estimate of drug-likeness (QED) is 0.413. The number of hydrogen-bond donors (Lipinski definition) is 0. The van der Waals surface area contributed by atoms with E-state index in [0.717, 1.165) is 60.7 Å². The largest absolute Gasteiger partial charge is 0.369 e. The Morgan fingerprint density at radius 1 is 0.971 bits per heavy atom. The molecule has 0 aromatic heterocycles. The van der Waals surface area contributed by atoms with Gasteiger partial charge >= 0.3 is 0 Å². The summed E-state index contributed by atoms with van der Waals surface area (Å²) in [5.74, 6) is 0. The minimum Gasteiger partial charge on any atom is -0.369 e. The first kappa shape index (κ1) is 22.1. The lowest BCUT2D eigenvalue weighted by Crippen LogP contribution is -2.44. The van der Waals surface area contributed by atoms with Crippen LogP contribution in [0.2, 0.25) is 0 Å². The van der Waals surface area contributed by atoms with E-state index >= 15 is 0 Å². The van der Waals surface area contributed by atoms with Gasteiger partial charge in [0.05, 0.1) is 17.2 Å². The van der Waals surface area contributed by atoms with Gasteiger partial charge in [0.15, 0.2) is 0 Å². The summed E-state index contributed by atoms with van der Waals surface area (Å²) in [6.45, 7) is 6.36. The predicted octanol–water partition coefficient (Wildman–Crippen LogP) is 4.68. The molecule has 0 aliphatic carbocycles. The molecule has 0 N–H and O–H groups in total. The van der Waals surface area contributed by atoms with Gasteiger partial charge in [0.2, 0.25) is 0 Å². The van der Waals surface area contributed by atoms with Gasteiger partial charge in [-0.2, -0.15) is 5.10 Å². The molecule has 1 saturated heterocycles. The van der Waals surface area contributed by atoms with E-state index in [9.17, 15) is 10.1 Å². The van der Waals surface area contributed by atoms with Crippen LogP contribution in [0.25, 0.3) is 0 Å². The summed E-state index contributed by atoms with van der Waals surface area (Å²) in [5, 5.41) is 18.7. The molecular weight excluding hydrogens is 426 g/mol. The third kappa shape index (κ3) is 4.26. The Bertz CT molecular complexity index is 1230. The number of hydrazone groups is 1. The van der Waals surface area contributed by atoms with Crippen LogP contribution in [0.5, 0.6) is 0 Å².